The van der Waals surface area contributed by atoms with Gasteiger partial charge >= 0.3 is 0 Å². The molecular formula is C8H20F2OSi2. The van der Waals surface area contributed by atoms with Gasteiger partial charge in [-0.15, -0.1) is 0 Å². The van der Waals surface area contributed by atoms with E-state index in [1.807, 2.05) is 0 Å². The van der Waals surface area contributed by atoms with Crippen LogP contribution in [0.3, 0.4) is 0 Å². The third-order valence-electron chi connectivity index (χ3n) is 1.89. The third-order valence-corrected chi connectivity index (χ3v) is 4.59. The summed E-state index contributed by atoms with van der Waals surface area (Å²) in [7, 11) is 1.43. The number of hydrogen-bond donors (Lipinski definition) is 0. The highest BCUT2D eigenvalue weighted by Gasteiger charge is 2.00. The summed E-state index contributed by atoms with van der Waals surface area (Å²) in [5.74, 6) is 0. The predicted molar refractivity (Wildman–Crippen MR) is 59.0 cm³/mol. The van der Waals surface area contributed by atoms with Gasteiger partial charge in [-0.25, -0.2) is 8.78 Å². The number of halogens is 2. The molecule has 0 spiro atoms. The van der Waals surface area contributed by atoms with Gasteiger partial charge in [0.2, 0.25) is 0 Å². The van der Waals surface area contributed by atoms with E-state index < -0.39 is 6.43 Å². The maximum absolute atomic E-state index is 11.6. The van der Waals surface area contributed by atoms with E-state index >= 15 is 0 Å². The zero-order chi connectivity index (χ0) is 9.94. The van der Waals surface area contributed by atoms with Crippen LogP contribution in [0.15, 0.2) is 0 Å². The first kappa shape index (κ1) is 13.3. The van der Waals surface area contributed by atoms with Crippen molar-refractivity contribution in [3.63, 3.8) is 0 Å². The quantitative estimate of drug-likeness (QED) is 0.418. The SMILES string of the molecule is FC(F)COCCC[SiH2]CCC[SiH3]. The van der Waals surface area contributed by atoms with E-state index in [1.54, 1.807) is 0 Å². The van der Waals surface area contributed by atoms with Crippen molar-refractivity contribution in [3.05, 3.63) is 0 Å². The maximum Gasteiger partial charge on any atom is 0.261 e. The van der Waals surface area contributed by atoms with E-state index in [9.17, 15) is 8.78 Å². The van der Waals surface area contributed by atoms with Crippen LogP contribution in [0, 0.1) is 0 Å². The van der Waals surface area contributed by atoms with Gasteiger partial charge in [-0.05, 0) is 6.42 Å². The van der Waals surface area contributed by atoms with Crippen molar-refractivity contribution in [2.24, 2.45) is 0 Å². The van der Waals surface area contributed by atoms with E-state index in [4.69, 9.17) is 4.74 Å². The molecule has 0 aliphatic rings. The minimum absolute atomic E-state index is 0.108. The molecule has 0 aromatic carbocycles. The third kappa shape index (κ3) is 12.3. The van der Waals surface area contributed by atoms with Gasteiger partial charge in [0, 0.05) is 26.4 Å². The Morgan fingerprint density at radius 3 is 2.54 bits per heavy atom. The van der Waals surface area contributed by atoms with Gasteiger partial charge in [0.05, 0.1) is 0 Å². The molecule has 0 rings (SSSR count). The van der Waals surface area contributed by atoms with Crippen molar-refractivity contribution < 1.29 is 13.5 Å². The summed E-state index contributed by atoms with van der Waals surface area (Å²) in [5, 5.41) is 0. The zero-order valence-corrected chi connectivity index (χ0v) is 11.8. The Balaban J connectivity index is 2.84. The lowest BCUT2D eigenvalue weighted by Gasteiger charge is -2.02. The lowest BCUT2D eigenvalue weighted by molar-refractivity contribution is 0.0178. The van der Waals surface area contributed by atoms with Gasteiger partial charge in [0.25, 0.3) is 6.43 Å². The Bertz CT molecular complexity index is 104. The summed E-state index contributed by atoms with van der Waals surface area (Å²) in [6.07, 6.45) is 0.0819. The first-order chi connectivity index (χ1) is 6.27. The van der Waals surface area contributed by atoms with Crippen molar-refractivity contribution in [1.82, 2.24) is 0 Å². The number of ether oxygens (including phenoxy) is 1. The molecule has 0 saturated heterocycles. The van der Waals surface area contributed by atoms with Gasteiger partial charge in [0.1, 0.15) is 6.61 Å². The molecule has 0 amide bonds. The monoisotopic (exact) mass is 226 g/mol. The Labute approximate surface area is 84.5 Å². The highest BCUT2D eigenvalue weighted by atomic mass is 28.2. The van der Waals surface area contributed by atoms with Crippen LogP contribution >= 0.6 is 0 Å². The van der Waals surface area contributed by atoms with Gasteiger partial charge in [0.15, 0.2) is 0 Å². The zero-order valence-electron chi connectivity index (χ0n) is 8.40. The van der Waals surface area contributed by atoms with E-state index in [0.717, 1.165) is 6.42 Å². The average Bonchev–Trinajstić information content (AvgIpc) is 2.09. The summed E-state index contributed by atoms with van der Waals surface area (Å²) in [5.41, 5.74) is 0. The lowest BCUT2D eigenvalue weighted by atomic mass is 10.5. The van der Waals surface area contributed by atoms with Crippen molar-refractivity contribution in [1.29, 1.82) is 0 Å². The molecule has 0 fully saturated rings. The molecule has 0 aliphatic carbocycles. The summed E-state index contributed by atoms with van der Waals surface area (Å²) >= 11 is 0. The Morgan fingerprint density at radius 2 is 1.92 bits per heavy atom. The standard InChI is InChI=1S/C8H20F2OSi2/c9-8(10)7-11-3-1-5-13-6-2-4-12/h8H,1-7,13H2,12H3. The van der Waals surface area contributed by atoms with Crippen LogP contribution in [0.1, 0.15) is 12.8 Å². The molecule has 0 aromatic heterocycles. The van der Waals surface area contributed by atoms with Crippen molar-refractivity contribution >= 4 is 19.8 Å². The Hall–Kier alpha value is 0.254. The highest BCUT2D eigenvalue weighted by molar-refractivity contribution is 6.35. The molecule has 0 radical (unpaired) electrons. The second kappa shape index (κ2) is 10.3. The smallest absolute Gasteiger partial charge is 0.261 e. The molecule has 0 N–H and O–H groups in total. The van der Waals surface area contributed by atoms with Crippen molar-refractivity contribution in [3.8, 4) is 0 Å². The summed E-state index contributed by atoms with van der Waals surface area (Å²) < 4.78 is 28.0. The highest BCUT2D eigenvalue weighted by Crippen LogP contribution is 1.99. The average molecular weight is 226 g/mol. The van der Waals surface area contributed by atoms with E-state index in [0.29, 0.717) is 6.61 Å². The number of hydrogen-bond acceptors (Lipinski definition) is 1. The lowest BCUT2D eigenvalue weighted by Crippen LogP contribution is -2.05. The topological polar surface area (TPSA) is 9.23 Å². The second-order valence-electron chi connectivity index (χ2n) is 3.23. The fourth-order valence-corrected chi connectivity index (χ4v) is 4.42. The molecule has 0 saturated carbocycles. The Morgan fingerprint density at radius 1 is 1.23 bits per heavy atom. The maximum atomic E-state index is 11.6. The van der Waals surface area contributed by atoms with Crippen molar-refractivity contribution in [2.75, 3.05) is 13.2 Å². The van der Waals surface area contributed by atoms with E-state index in [-0.39, 0.29) is 16.1 Å². The molecule has 0 heterocycles. The van der Waals surface area contributed by atoms with E-state index in [1.165, 1.54) is 34.8 Å². The van der Waals surface area contributed by atoms with E-state index in [2.05, 4.69) is 0 Å². The van der Waals surface area contributed by atoms with Crippen molar-refractivity contribution in [2.45, 2.75) is 37.4 Å². The molecule has 0 atom stereocenters. The fourth-order valence-electron chi connectivity index (χ4n) is 1.16. The van der Waals surface area contributed by atoms with Crippen LogP contribution in [0.2, 0.25) is 18.1 Å². The van der Waals surface area contributed by atoms with Gasteiger partial charge in [-0.3, -0.25) is 0 Å². The number of rotatable bonds is 9. The largest absolute Gasteiger partial charge is 0.376 e. The van der Waals surface area contributed by atoms with Crippen LogP contribution in [0.25, 0.3) is 0 Å². The first-order valence-electron chi connectivity index (χ1n) is 5.13. The molecule has 0 bridgehead atoms. The molecule has 0 unspecified atom stereocenters. The first-order valence-corrected chi connectivity index (χ1v) is 8.54. The predicted octanol–water partition coefficient (Wildman–Crippen LogP) is 0.837. The van der Waals surface area contributed by atoms with Crippen LogP contribution < -0.4 is 0 Å². The fraction of sp³-hybridized carbons (Fsp3) is 1.00. The summed E-state index contributed by atoms with van der Waals surface area (Å²) in [6, 6.07) is 4.10. The van der Waals surface area contributed by atoms with Crippen LogP contribution in [-0.2, 0) is 4.74 Å². The van der Waals surface area contributed by atoms with Gasteiger partial charge < -0.3 is 4.74 Å². The van der Waals surface area contributed by atoms with Gasteiger partial charge in [-0.2, -0.15) is 0 Å². The molecular weight excluding hydrogens is 206 g/mol. The molecule has 0 aromatic rings. The Kier molecular flexibility index (Phi) is 10.5. The van der Waals surface area contributed by atoms with Crippen LogP contribution in [0.4, 0.5) is 8.78 Å². The minimum atomic E-state index is -2.30. The molecule has 0 aliphatic heterocycles. The summed E-state index contributed by atoms with van der Waals surface area (Å²) in [6.45, 7) is 0.139. The molecule has 5 heteroatoms. The van der Waals surface area contributed by atoms with Crippen LogP contribution in [0.5, 0.6) is 0 Å². The molecule has 13 heavy (non-hydrogen) atoms. The molecule has 80 valence electrons. The normalized spacial score (nSPS) is 12.2. The van der Waals surface area contributed by atoms with Crippen LogP contribution in [-0.4, -0.2) is 39.4 Å². The molecule has 1 nitrogen and oxygen atoms in total. The second-order valence-corrected chi connectivity index (χ2v) is 6.36. The summed E-state index contributed by atoms with van der Waals surface area (Å²) in [4.78, 5) is 0. The van der Waals surface area contributed by atoms with Gasteiger partial charge in [-0.1, -0.05) is 24.6 Å². The number of alkyl halides is 2. The minimum Gasteiger partial charge on any atom is -0.376 e.